The van der Waals surface area contributed by atoms with E-state index >= 15 is 0 Å². The van der Waals surface area contributed by atoms with Gasteiger partial charge in [0.2, 0.25) is 0 Å². The number of hydrogen-bond acceptors (Lipinski definition) is 4. The van der Waals surface area contributed by atoms with E-state index in [0.29, 0.717) is 26.4 Å². The van der Waals surface area contributed by atoms with Gasteiger partial charge in [-0.15, -0.1) is 0 Å². The van der Waals surface area contributed by atoms with Crippen LogP contribution >= 0.6 is 15.9 Å². The highest BCUT2D eigenvalue weighted by Gasteiger charge is 2.08. The van der Waals surface area contributed by atoms with Gasteiger partial charge in [0.15, 0.2) is 0 Å². The molecule has 0 saturated carbocycles. The van der Waals surface area contributed by atoms with Crippen LogP contribution in [0.15, 0.2) is 22.7 Å². The fourth-order valence-electron chi connectivity index (χ4n) is 1.59. The van der Waals surface area contributed by atoms with Gasteiger partial charge in [-0.2, -0.15) is 0 Å². The summed E-state index contributed by atoms with van der Waals surface area (Å²) < 4.78 is 17.0. The van der Waals surface area contributed by atoms with Crippen LogP contribution in [-0.4, -0.2) is 33.5 Å². The van der Waals surface area contributed by atoms with Gasteiger partial charge in [0, 0.05) is 36.2 Å². The molecule has 0 heterocycles. The minimum Gasteiger partial charge on any atom is -0.493 e. The zero-order valence-electron chi connectivity index (χ0n) is 11.5. The summed E-state index contributed by atoms with van der Waals surface area (Å²) in [7, 11) is 1.66. The Balaban J connectivity index is 2.33. The van der Waals surface area contributed by atoms with Crippen LogP contribution in [0.1, 0.15) is 24.9 Å². The molecule has 0 saturated heterocycles. The number of halogens is 1. The lowest BCUT2D eigenvalue weighted by Crippen LogP contribution is -2.10. The van der Waals surface area contributed by atoms with Crippen LogP contribution in [0.4, 0.5) is 0 Å². The molecule has 0 aromatic heterocycles. The molecular weight excluding hydrogens is 310 g/mol. The summed E-state index contributed by atoms with van der Waals surface area (Å²) in [5.74, 6) is 0.843. The number of nitrogens with two attached hydrogens (primary N) is 1. The fourth-order valence-corrected chi connectivity index (χ4v) is 1.97. The molecule has 0 amide bonds. The molecule has 1 aromatic rings. The maximum absolute atomic E-state index is 5.93. The Hall–Kier alpha value is -0.620. The van der Waals surface area contributed by atoms with Crippen LogP contribution in [0.5, 0.6) is 5.75 Å². The van der Waals surface area contributed by atoms with Gasteiger partial charge in [0.1, 0.15) is 5.75 Å². The molecule has 1 rings (SSSR count). The van der Waals surface area contributed by atoms with E-state index in [1.165, 1.54) is 0 Å². The number of hydrogen-bond donors (Lipinski definition) is 1. The molecule has 0 radical (unpaired) electrons. The van der Waals surface area contributed by atoms with Crippen molar-refractivity contribution in [3.05, 3.63) is 28.2 Å². The monoisotopic (exact) mass is 331 g/mol. The van der Waals surface area contributed by atoms with Gasteiger partial charge in [-0.3, -0.25) is 0 Å². The van der Waals surface area contributed by atoms with Gasteiger partial charge in [-0.1, -0.05) is 15.9 Å². The van der Waals surface area contributed by atoms with Crippen molar-refractivity contribution in [3.8, 4) is 5.75 Å². The number of methoxy groups -OCH3 is 1. The molecule has 0 unspecified atom stereocenters. The average molecular weight is 332 g/mol. The molecule has 2 N–H and O–H groups in total. The third kappa shape index (κ3) is 6.38. The van der Waals surface area contributed by atoms with Crippen molar-refractivity contribution < 1.29 is 14.2 Å². The van der Waals surface area contributed by atoms with Gasteiger partial charge in [0.25, 0.3) is 0 Å². The highest BCUT2D eigenvalue weighted by atomic mass is 79.9. The zero-order chi connectivity index (χ0) is 14.1. The predicted octanol–water partition coefficient (Wildman–Crippen LogP) is 2.90. The van der Waals surface area contributed by atoms with Crippen molar-refractivity contribution in [1.82, 2.24) is 0 Å². The second-order valence-electron chi connectivity index (χ2n) is 4.28. The lowest BCUT2D eigenvalue weighted by Gasteiger charge is -2.14. The molecule has 108 valence electrons. The van der Waals surface area contributed by atoms with Crippen molar-refractivity contribution >= 4 is 15.9 Å². The topological polar surface area (TPSA) is 53.7 Å². The quantitative estimate of drug-likeness (QED) is 0.707. The molecule has 0 bridgehead atoms. The summed E-state index contributed by atoms with van der Waals surface area (Å²) in [6.45, 7) is 4.49. The smallest absolute Gasteiger partial charge is 0.124 e. The van der Waals surface area contributed by atoms with Gasteiger partial charge in [-0.25, -0.2) is 0 Å². The van der Waals surface area contributed by atoms with Crippen LogP contribution in [0.3, 0.4) is 0 Å². The van der Waals surface area contributed by atoms with E-state index < -0.39 is 0 Å². The summed E-state index contributed by atoms with van der Waals surface area (Å²) >= 11 is 3.44. The first-order valence-corrected chi connectivity index (χ1v) is 7.19. The van der Waals surface area contributed by atoms with Crippen molar-refractivity contribution in [2.75, 3.05) is 33.5 Å². The Morgan fingerprint density at radius 3 is 2.68 bits per heavy atom. The number of benzene rings is 1. The maximum atomic E-state index is 5.93. The predicted molar refractivity (Wildman–Crippen MR) is 79.6 cm³/mol. The van der Waals surface area contributed by atoms with E-state index in [9.17, 15) is 0 Å². The normalized spacial score (nSPS) is 12.4. The molecule has 1 atom stereocenters. The summed E-state index contributed by atoms with van der Waals surface area (Å²) in [6.07, 6.45) is 0.845. The summed E-state index contributed by atoms with van der Waals surface area (Å²) in [5, 5.41) is 0. The van der Waals surface area contributed by atoms with Gasteiger partial charge in [0.05, 0.1) is 19.8 Å². The van der Waals surface area contributed by atoms with E-state index in [1.807, 2.05) is 25.1 Å². The highest BCUT2D eigenvalue weighted by molar-refractivity contribution is 9.10. The number of ether oxygens (including phenoxy) is 3. The van der Waals surface area contributed by atoms with E-state index in [0.717, 1.165) is 22.2 Å². The van der Waals surface area contributed by atoms with E-state index in [4.69, 9.17) is 19.9 Å². The first-order chi connectivity index (χ1) is 9.15. The molecule has 19 heavy (non-hydrogen) atoms. The van der Waals surface area contributed by atoms with E-state index in [-0.39, 0.29) is 6.04 Å². The first-order valence-electron chi connectivity index (χ1n) is 6.39. The third-order valence-electron chi connectivity index (χ3n) is 2.58. The van der Waals surface area contributed by atoms with E-state index in [2.05, 4.69) is 15.9 Å². The van der Waals surface area contributed by atoms with Crippen LogP contribution < -0.4 is 10.5 Å². The number of rotatable bonds is 9. The second kappa shape index (κ2) is 9.31. The SMILES string of the molecule is COCCOCCCOc1ccc(Br)cc1[C@H](C)N. The van der Waals surface area contributed by atoms with Gasteiger partial charge in [-0.05, 0) is 25.1 Å². The average Bonchev–Trinajstić information content (AvgIpc) is 2.39. The third-order valence-corrected chi connectivity index (χ3v) is 3.08. The van der Waals surface area contributed by atoms with Crippen LogP contribution in [0, 0.1) is 0 Å². The molecular formula is C14H22BrNO3. The Kier molecular flexibility index (Phi) is 8.05. The van der Waals surface area contributed by atoms with Crippen LogP contribution in [0.25, 0.3) is 0 Å². The van der Waals surface area contributed by atoms with Crippen molar-refractivity contribution in [2.45, 2.75) is 19.4 Å². The standard InChI is InChI=1S/C14H22BrNO3/c1-11(16)13-10-12(15)4-5-14(13)19-7-3-6-18-9-8-17-2/h4-5,10-11H,3,6-9,16H2,1-2H3/t11-/m0/s1. The van der Waals surface area contributed by atoms with Crippen molar-refractivity contribution in [3.63, 3.8) is 0 Å². The summed E-state index contributed by atoms with van der Waals surface area (Å²) in [4.78, 5) is 0. The summed E-state index contributed by atoms with van der Waals surface area (Å²) in [6, 6.07) is 5.84. The molecule has 0 aliphatic carbocycles. The summed E-state index contributed by atoms with van der Waals surface area (Å²) in [5.41, 5.74) is 6.94. The van der Waals surface area contributed by atoms with Crippen molar-refractivity contribution in [2.24, 2.45) is 5.73 Å². The van der Waals surface area contributed by atoms with Crippen LogP contribution in [-0.2, 0) is 9.47 Å². The molecule has 1 aromatic carbocycles. The Labute approximate surface area is 123 Å². The molecule has 4 nitrogen and oxygen atoms in total. The minimum atomic E-state index is -0.0505. The second-order valence-corrected chi connectivity index (χ2v) is 5.19. The van der Waals surface area contributed by atoms with E-state index in [1.54, 1.807) is 7.11 Å². The molecule has 0 aliphatic heterocycles. The maximum Gasteiger partial charge on any atom is 0.124 e. The van der Waals surface area contributed by atoms with Gasteiger partial charge >= 0.3 is 0 Å². The van der Waals surface area contributed by atoms with Crippen LogP contribution in [0.2, 0.25) is 0 Å². The Morgan fingerprint density at radius 1 is 1.21 bits per heavy atom. The first kappa shape index (κ1) is 16.4. The van der Waals surface area contributed by atoms with Crippen molar-refractivity contribution in [1.29, 1.82) is 0 Å². The fraction of sp³-hybridized carbons (Fsp3) is 0.571. The lowest BCUT2D eigenvalue weighted by molar-refractivity contribution is 0.0644. The molecule has 5 heteroatoms. The Bertz CT molecular complexity index is 372. The largest absolute Gasteiger partial charge is 0.493 e. The Morgan fingerprint density at radius 2 is 2.00 bits per heavy atom. The molecule has 0 fully saturated rings. The lowest BCUT2D eigenvalue weighted by atomic mass is 10.1. The molecule has 0 spiro atoms. The minimum absolute atomic E-state index is 0.0505. The molecule has 0 aliphatic rings. The van der Waals surface area contributed by atoms with Gasteiger partial charge < -0.3 is 19.9 Å². The highest BCUT2D eigenvalue weighted by Crippen LogP contribution is 2.27. The zero-order valence-corrected chi connectivity index (χ0v) is 13.1.